The zero-order chi connectivity index (χ0) is 9.07. The minimum Gasteiger partial charge on any atom is -0.394 e. The van der Waals surface area contributed by atoms with Crippen LogP contribution < -0.4 is 5.32 Å². The fourth-order valence-corrected chi connectivity index (χ4v) is 0.551. The first-order valence-electron chi connectivity index (χ1n) is 3.86. The lowest BCUT2D eigenvalue weighted by Crippen LogP contribution is -1.89. The molecule has 0 fully saturated rings. The molecule has 0 atom stereocenters. The topological polar surface area (TPSA) is 12.0 Å². The van der Waals surface area contributed by atoms with Crippen molar-refractivity contribution >= 4 is 0 Å². The molecular formula is C11H15N. The molecule has 0 aromatic heterocycles. The Bertz CT molecular complexity index is 207. The van der Waals surface area contributed by atoms with Gasteiger partial charge in [0.15, 0.2) is 0 Å². The van der Waals surface area contributed by atoms with Gasteiger partial charge in [0.25, 0.3) is 0 Å². The average Bonchev–Trinajstić information content (AvgIpc) is 2.10. The molecule has 0 saturated heterocycles. The van der Waals surface area contributed by atoms with Crippen molar-refractivity contribution in [2.75, 3.05) is 7.05 Å². The number of rotatable bonds is 5. The van der Waals surface area contributed by atoms with E-state index in [2.05, 4.69) is 11.9 Å². The van der Waals surface area contributed by atoms with E-state index in [1.54, 1.807) is 6.08 Å². The minimum absolute atomic E-state index is 1.74. The summed E-state index contributed by atoms with van der Waals surface area (Å²) < 4.78 is 0. The predicted molar refractivity (Wildman–Crippen MR) is 55.8 cm³/mol. The maximum absolute atomic E-state index is 3.56. The van der Waals surface area contributed by atoms with Crippen LogP contribution in [0.2, 0.25) is 0 Å². The van der Waals surface area contributed by atoms with Crippen LogP contribution in [0.3, 0.4) is 0 Å². The summed E-state index contributed by atoms with van der Waals surface area (Å²) in [5.74, 6) is 0. The lowest BCUT2D eigenvalue weighted by Gasteiger charge is -1.78. The molecule has 0 aliphatic carbocycles. The lowest BCUT2D eigenvalue weighted by atomic mass is 10.4. The molecule has 0 rings (SSSR count). The molecule has 64 valence electrons. The molecule has 0 spiro atoms. The van der Waals surface area contributed by atoms with Gasteiger partial charge in [-0.1, -0.05) is 49.1 Å². The van der Waals surface area contributed by atoms with Crippen molar-refractivity contribution in [3.63, 3.8) is 0 Å². The van der Waals surface area contributed by atoms with Gasteiger partial charge >= 0.3 is 0 Å². The van der Waals surface area contributed by atoms with Crippen molar-refractivity contribution < 1.29 is 0 Å². The van der Waals surface area contributed by atoms with E-state index >= 15 is 0 Å². The third-order valence-corrected chi connectivity index (χ3v) is 1.07. The summed E-state index contributed by atoms with van der Waals surface area (Å²) >= 11 is 0. The van der Waals surface area contributed by atoms with Gasteiger partial charge in [-0.15, -0.1) is 0 Å². The van der Waals surface area contributed by atoms with Crippen molar-refractivity contribution in [3.05, 3.63) is 61.4 Å². The van der Waals surface area contributed by atoms with E-state index in [1.807, 2.05) is 55.8 Å². The highest BCUT2D eigenvalue weighted by molar-refractivity contribution is 5.16. The number of hydrogen-bond acceptors (Lipinski definition) is 1. The van der Waals surface area contributed by atoms with Gasteiger partial charge in [0, 0.05) is 7.05 Å². The van der Waals surface area contributed by atoms with Crippen LogP contribution in [0.25, 0.3) is 0 Å². The van der Waals surface area contributed by atoms with Gasteiger partial charge in [0.05, 0.1) is 0 Å². The molecule has 1 N–H and O–H groups in total. The van der Waals surface area contributed by atoms with E-state index in [9.17, 15) is 0 Å². The maximum atomic E-state index is 3.56. The lowest BCUT2D eigenvalue weighted by molar-refractivity contribution is 1.10. The average molecular weight is 161 g/mol. The SMILES string of the molecule is C=CC=CC=CC=CC=CNC. The van der Waals surface area contributed by atoms with E-state index in [4.69, 9.17) is 0 Å². The Morgan fingerprint density at radius 1 is 0.833 bits per heavy atom. The minimum atomic E-state index is 1.74. The van der Waals surface area contributed by atoms with Crippen molar-refractivity contribution in [3.8, 4) is 0 Å². The van der Waals surface area contributed by atoms with Gasteiger partial charge in [0.2, 0.25) is 0 Å². The molecule has 0 aliphatic heterocycles. The highest BCUT2D eigenvalue weighted by Gasteiger charge is 1.61. The normalized spacial score (nSPS) is 12.4. The van der Waals surface area contributed by atoms with Gasteiger partial charge < -0.3 is 5.32 Å². The number of nitrogens with one attached hydrogen (secondary N) is 1. The van der Waals surface area contributed by atoms with Crippen molar-refractivity contribution in [1.82, 2.24) is 5.32 Å². The quantitative estimate of drug-likeness (QED) is 0.611. The summed E-state index contributed by atoms with van der Waals surface area (Å²) in [7, 11) is 1.87. The highest BCUT2D eigenvalue weighted by atomic mass is 14.8. The Kier molecular flexibility index (Phi) is 8.31. The summed E-state index contributed by atoms with van der Waals surface area (Å²) in [5.41, 5.74) is 0. The van der Waals surface area contributed by atoms with E-state index in [0.29, 0.717) is 0 Å². The van der Waals surface area contributed by atoms with Crippen LogP contribution in [0.1, 0.15) is 0 Å². The second-order valence-corrected chi connectivity index (χ2v) is 2.04. The summed E-state index contributed by atoms with van der Waals surface area (Å²) in [4.78, 5) is 0. The zero-order valence-corrected chi connectivity index (χ0v) is 7.40. The second-order valence-electron chi connectivity index (χ2n) is 2.04. The molecule has 0 bridgehead atoms. The fourth-order valence-electron chi connectivity index (χ4n) is 0.551. The molecule has 0 radical (unpaired) electrons. The van der Waals surface area contributed by atoms with Crippen LogP contribution in [0, 0.1) is 0 Å². The Hall–Kier alpha value is -1.50. The molecule has 1 heteroatoms. The Morgan fingerprint density at radius 2 is 1.33 bits per heavy atom. The Balaban J connectivity index is 3.58. The number of allylic oxidation sites excluding steroid dienone is 8. The number of hydrogen-bond donors (Lipinski definition) is 1. The van der Waals surface area contributed by atoms with Gasteiger partial charge in [-0.2, -0.15) is 0 Å². The monoisotopic (exact) mass is 161 g/mol. The largest absolute Gasteiger partial charge is 0.394 e. The van der Waals surface area contributed by atoms with E-state index in [1.165, 1.54) is 0 Å². The first-order chi connectivity index (χ1) is 5.91. The van der Waals surface area contributed by atoms with Gasteiger partial charge in [-0.05, 0) is 12.3 Å². The second kappa shape index (κ2) is 9.50. The smallest absolute Gasteiger partial charge is 0.00277 e. The van der Waals surface area contributed by atoms with Crippen LogP contribution in [0.4, 0.5) is 0 Å². The molecule has 0 aliphatic rings. The van der Waals surface area contributed by atoms with Crippen LogP contribution in [0.5, 0.6) is 0 Å². The predicted octanol–water partition coefficient (Wildman–Crippen LogP) is 2.57. The van der Waals surface area contributed by atoms with E-state index < -0.39 is 0 Å². The van der Waals surface area contributed by atoms with Crippen molar-refractivity contribution in [1.29, 1.82) is 0 Å². The van der Waals surface area contributed by atoms with Crippen LogP contribution in [0.15, 0.2) is 61.4 Å². The van der Waals surface area contributed by atoms with Crippen LogP contribution in [-0.4, -0.2) is 7.05 Å². The van der Waals surface area contributed by atoms with Crippen molar-refractivity contribution in [2.45, 2.75) is 0 Å². The first kappa shape index (κ1) is 10.5. The zero-order valence-electron chi connectivity index (χ0n) is 7.40. The third kappa shape index (κ3) is 8.50. The van der Waals surface area contributed by atoms with Gasteiger partial charge in [-0.3, -0.25) is 0 Å². The maximum Gasteiger partial charge on any atom is 0.00277 e. The van der Waals surface area contributed by atoms with Gasteiger partial charge in [-0.25, -0.2) is 0 Å². The molecule has 0 saturated carbocycles. The molecule has 12 heavy (non-hydrogen) atoms. The van der Waals surface area contributed by atoms with Crippen LogP contribution >= 0.6 is 0 Å². The van der Waals surface area contributed by atoms with Crippen LogP contribution in [-0.2, 0) is 0 Å². The fraction of sp³-hybridized carbons (Fsp3) is 0.0909. The molecule has 1 nitrogen and oxygen atoms in total. The highest BCUT2D eigenvalue weighted by Crippen LogP contribution is 1.81. The summed E-state index contributed by atoms with van der Waals surface area (Å²) in [6, 6.07) is 0. The van der Waals surface area contributed by atoms with E-state index in [0.717, 1.165) is 0 Å². The molecule has 0 aromatic rings. The summed E-state index contributed by atoms with van der Waals surface area (Å²) in [6.45, 7) is 3.56. The summed E-state index contributed by atoms with van der Waals surface area (Å²) in [6.07, 6.45) is 17.2. The summed E-state index contributed by atoms with van der Waals surface area (Å²) in [5, 5.41) is 2.90. The molecule has 0 aromatic carbocycles. The Morgan fingerprint density at radius 3 is 1.83 bits per heavy atom. The van der Waals surface area contributed by atoms with E-state index in [-0.39, 0.29) is 0 Å². The molecule has 0 amide bonds. The third-order valence-electron chi connectivity index (χ3n) is 1.07. The Labute approximate surface area is 74.5 Å². The van der Waals surface area contributed by atoms with Gasteiger partial charge in [0.1, 0.15) is 0 Å². The molecule has 0 unspecified atom stereocenters. The molecular weight excluding hydrogens is 146 g/mol. The van der Waals surface area contributed by atoms with Crippen molar-refractivity contribution in [2.24, 2.45) is 0 Å². The first-order valence-corrected chi connectivity index (χ1v) is 3.86. The standard InChI is InChI=1S/C11H15N/c1-3-4-5-6-7-8-9-10-11-12-2/h3-12H,1H2,2H3. The molecule has 0 heterocycles.